The molecule has 140 valence electrons. The van der Waals surface area contributed by atoms with E-state index in [9.17, 15) is 0 Å². The molecule has 0 aromatic carbocycles. The first kappa shape index (κ1) is 16.6. The number of aromatic nitrogens is 5. The molecule has 0 amide bonds. The van der Waals surface area contributed by atoms with Gasteiger partial charge in [0.2, 0.25) is 0 Å². The molecule has 7 heteroatoms. The van der Waals surface area contributed by atoms with Gasteiger partial charge in [-0.05, 0) is 38.4 Å². The molecule has 7 nitrogen and oxygen atoms in total. The first-order valence-electron chi connectivity index (χ1n) is 9.81. The minimum atomic E-state index is 0.629. The molecule has 0 saturated carbocycles. The highest BCUT2D eigenvalue weighted by atomic mass is 15.4. The number of nitrogens with zero attached hydrogens (tertiary/aromatic N) is 7. The third-order valence-corrected chi connectivity index (χ3v) is 5.98. The number of likely N-dealkylation sites (tertiary alicyclic amines) is 1. The van der Waals surface area contributed by atoms with Crippen molar-refractivity contribution in [2.75, 3.05) is 24.5 Å². The highest BCUT2D eigenvalue weighted by molar-refractivity contribution is 5.89. The molecule has 27 heavy (non-hydrogen) atoms. The van der Waals surface area contributed by atoms with Crippen LogP contribution in [0, 0.1) is 0 Å². The van der Waals surface area contributed by atoms with Gasteiger partial charge in [-0.1, -0.05) is 6.42 Å². The van der Waals surface area contributed by atoms with Crippen LogP contribution in [-0.4, -0.2) is 61.4 Å². The molecule has 1 unspecified atom stereocenters. The molecule has 0 bridgehead atoms. The summed E-state index contributed by atoms with van der Waals surface area (Å²) in [6, 6.07) is 5.25. The second-order valence-electron chi connectivity index (χ2n) is 7.76. The fraction of sp³-hybridized carbons (Fsp3) is 0.500. The van der Waals surface area contributed by atoms with Crippen molar-refractivity contribution in [3.05, 3.63) is 30.7 Å². The summed E-state index contributed by atoms with van der Waals surface area (Å²) in [5, 5.41) is 5.44. The summed E-state index contributed by atoms with van der Waals surface area (Å²) in [6.45, 7) is 5.65. The lowest BCUT2D eigenvalue weighted by molar-refractivity contribution is 0.0874. The van der Waals surface area contributed by atoms with Gasteiger partial charge in [0.15, 0.2) is 11.5 Å². The van der Waals surface area contributed by atoms with Crippen molar-refractivity contribution in [2.45, 2.75) is 38.3 Å². The van der Waals surface area contributed by atoms with Gasteiger partial charge in [-0.2, -0.15) is 5.10 Å². The first-order valence-corrected chi connectivity index (χ1v) is 9.81. The number of aryl methyl sites for hydroxylation is 1. The Morgan fingerprint density at radius 3 is 2.78 bits per heavy atom. The summed E-state index contributed by atoms with van der Waals surface area (Å²) in [7, 11) is 1.93. The Bertz CT molecular complexity index is 946. The van der Waals surface area contributed by atoms with Crippen molar-refractivity contribution in [1.29, 1.82) is 0 Å². The maximum atomic E-state index is 4.91. The monoisotopic (exact) mass is 363 g/mol. The molecule has 2 aliphatic heterocycles. The zero-order chi connectivity index (χ0) is 18.4. The van der Waals surface area contributed by atoms with Crippen molar-refractivity contribution in [3.8, 4) is 11.4 Å². The topological polar surface area (TPSA) is 63.0 Å². The van der Waals surface area contributed by atoms with Gasteiger partial charge in [-0.15, -0.1) is 0 Å². The van der Waals surface area contributed by atoms with Crippen molar-refractivity contribution >= 4 is 16.9 Å². The van der Waals surface area contributed by atoms with Gasteiger partial charge in [0.1, 0.15) is 5.82 Å². The normalized spacial score (nSPS) is 21.6. The lowest BCUT2D eigenvalue weighted by atomic mass is 9.97. The highest BCUT2D eigenvalue weighted by Gasteiger charge is 2.36. The van der Waals surface area contributed by atoms with E-state index in [1.54, 1.807) is 6.20 Å². The third kappa shape index (κ3) is 2.86. The Balaban J connectivity index is 1.47. The molecule has 2 fully saturated rings. The lowest BCUT2D eigenvalue weighted by Crippen LogP contribution is -2.62. The molecule has 0 N–H and O–H groups in total. The molecule has 3 aromatic heterocycles. The molecule has 5 rings (SSSR count). The molecule has 0 spiro atoms. The third-order valence-electron chi connectivity index (χ3n) is 5.98. The van der Waals surface area contributed by atoms with Gasteiger partial charge in [0.05, 0.1) is 11.6 Å². The first-order chi connectivity index (χ1) is 13.2. The Morgan fingerprint density at radius 1 is 1.11 bits per heavy atom. The Morgan fingerprint density at radius 2 is 2.00 bits per heavy atom. The summed E-state index contributed by atoms with van der Waals surface area (Å²) in [6.07, 6.45) is 9.48. The van der Waals surface area contributed by atoms with Gasteiger partial charge < -0.3 is 4.90 Å². The smallest absolute Gasteiger partial charge is 0.165 e. The minimum Gasteiger partial charge on any atom is -0.353 e. The Kier molecular flexibility index (Phi) is 4.04. The van der Waals surface area contributed by atoms with Gasteiger partial charge in [0.25, 0.3) is 0 Å². The molecular formula is C20H25N7. The molecule has 2 aliphatic rings. The van der Waals surface area contributed by atoms with E-state index in [4.69, 9.17) is 9.97 Å². The predicted octanol–water partition coefficient (Wildman–Crippen LogP) is 2.49. The fourth-order valence-corrected chi connectivity index (χ4v) is 4.37. The number of hydrogen-bond donors (Lipinski definition) is 0. The molecule has 0 aliphatic carbocycles. The van der Waals surface area contributed by atoms with Crippen LogP contribution in [0.25, 0.3) is 22.4 Å². The number of hydrogen-bond acceptors (Lipinski definition) is 6. The summed E-state index contributed by atoms with van der Waals surface area (Å²) >= 11 is 0. The van der Waals surface area contributed by atoms with Crippen LogP contribution in [0.15, 0.2) is 30.7 Å². The Labute approximate surface area is 159 Å². The summed E-state index contributed by atoms with van der Waals surface area (Å²) in [5.74, 6) is 1.71. The van der Waals surface area contributed by atoms with Gasteiger partial charge in [0, 0.05) is 50.2 Å². The van der Waals surface area contributed by atoms with Gasteiger partial charge in [-0.3, -0.25) is 14.6 Å². The molecule has 3 aromatic rings. The maximum Gasteiger partial charge on any atom is 0.165 e. The van der Waals surface area contributed by atoms with E-state index in [0.29, 0.717) is 17.9 Å². The molecule has 1 atom stereocenters. The highest BCUT2D eigenvalue weighted by Crippen LogP contribution is 2.32. The zero-order valence-corrected chi connectivity index (χ0v) is 15.9. The lowest BCUT2D eigenvalue weighted by Gasteiger charge is -2.49. The van der Waals surface area contributed by atoms with Crippen molar-refractivity contribution in [1.82, 2.24) is 29.6 Å². The maximum absolute atomic E-state index is 4.91. The number of pyridine rings is 1. The van der Waals surface area contributed by atoms with Crippen LogP contribution in [0.2, 0.25) is 0 Å². The van der Waals surface area contributed by atoms with E-state index >= 15 is 0 Å². The zero-order valence-electron chi connectivity index (χ0n) is 15.9. The van der Waals surface area contributed by atoms with Crippen LogP contribution < -0.4 is 4.90 Å². The van der Waals surface area contributed by atoms with Gasteiger partial charge >= 0.3 is 0 Å². The van der Waals surface area contributed by atoms with Gasteiger partial charge in [-0.25, -0.2) is 9.97 Å². The largest absolute Gasteiger partial charge is 0.353 e. The van der Waals surface area contributed by atoms with Crippen molar-refractivity contribution in [2.24, 2.45) is 7.05 Å². The molecular weight excluding hydrogens is 338 g/mol. The average molecular weight is 363 g/mol. The van der Waals surface area contributed by atoms with E-state index in [1.807, 2.05) is 36.3 Å². The van der Waals surface area contributed by atoms with Crippen LogP contribution in [-0.2, 0) is 7.05 Å². The van der Waals surface area contributed by atoms with Crippen molar-refractivity contribution < 1.29 is 0 Å². The van der Waals surface area contributed by atoms with Crippen LogP contribution in [0.4, 0.5) is 5.82 Å². The predicted molar refractivity (Wildman–Crippen MR) is 106 cm³/mol. The molecule has 0 radical (unpaired) electrons. The SMILES string of the molecule is CC1CCCCN1C1CN(c2nc(-c3cccnc3)nc3c2cnn3C)C1. The number of anilines is 1. The second kappa shape index (κ2) is 6.56. The van der Waals surface area contributed by atoms with E-state index < -0.39 is 0 Å². The molecule has 2 saturated heterocycles. The van der Waals surface area contributed by atoms with Crippen LogP contribution in [0.3, 0.4) is 0 Å². The standard InChI is InChI=1S/C20H25N7/c1-14-6-3-4-9-27(14)16-12-26(13-16)20-17-11-22-25(2)19(17)23-18(24-20)15-7-5-8-21-10-15/h5,7-8,10-11,14,16H,3-4,6,9,12-13H2,1-2H3. The van der Waals surface area contributed by atoms with E-state index in [-0.39, 0.29) is 0 Å². The summed E-state index contributed by atoms with van der Waals surface area (Å²) in [4.78, 5) is 18.9. The van der Waals surface area contributed by atoms with Crippen LogP contribution in [0.5, 0.6) is 0 Å². The van der Waals surface area contributed by atoms with E-state index in [0.717, 1.165) is 35.5 Å². The average Bonchev–Trinajstić information content (AvgIpc) is 3.04. The van der Waals surface area contributed by atoms with Crippen molar-refractivity contribution in [3.63, 3.8) is 0 Å². The Hall–Kier alpha value is -2.54. The summed E-state index contributed by atoms with van der Waals surface area (Å²) < 4.78 is 1.82. The molecule has 5 heterocycles. The summed E-state index contributed by atoms with van der Waals surface area (Å²) in [5.41, 5.74) is 1.80. The van der Waals surface area contributed by atoms with E-state index in [2.05, 4.69) is 26.8 Å². The fourth-order valence-electron chi connectivity index (χ4n) is 4.37. The van der Waals surface area contributed by atoms with E-state index in [1.165, 1.54) is 25.8 Å². The number of piperidine rings is 1. The van der Waals surface area contributed by atoms with Crippen LogP contribution >= 0.6 is 0 Å². The number of fused-ring (bicyclic) bond motifs is 1. The van der Waals surface area contributed by atoms with Crippen LogP contribution in [0.1, 0.15) is 26.2 Å². The minimum absolute atomic E-state index is 0.629. The number of rotatable bonds is 3. The second-order valence-corrected chi connectivity index (χ2v) is 7.76. The quantitative estimate of drug-likeness (QED) is 0.712.